The minimum absolute atomic E-state index is 0.0201. The Labute approximate surface area is 113 Å². The summed E-state index contributed by atoms with van der Waals surface area (Å²) < 4.78 is 1.57. The Morgan fingerprint density at radius 3 is 2.53 bits per heavy atom. The van der Waals surface area contributed by atoms with Crippen LogP contribution in [0.5, 0.6) is 0 Å². The molecule has 2 rings (SSSR count). The summed E-state index contributed by atoms with van der Waals surface area (Å²) in [5.74, 6) is -0.105. The fourth-order valence-corrected chi connectivity index (χ4v) is 1.99. The summed E-state index contributed by atoms with van der Waals surface area (Å²) in [6.45, 7) is 4.11. The van der Waals surface area contributed by atoms with Crippen molar-refractivity contribution in [3.63, 3.8) is 0 Å². The zero-order valence-electron chi connectivity index (χ0n) is 11.6. The van der Waals surface area contributed by atoms with Gasteiger partial charge in [-0.05, 0) is 30.5 Å². The Kier molecular flexibility index (Phi) is 4.00. The van der Waals surface area contributed by atoms with E-state index in [0.717, 1.165) is 12.0 Å². The Hall–Kier alpha value is -2.10. The third kappa shape index (κ3) is 3.02. The topological polar surface area (TPSA) is 46.9 Å². The van der Waals surface area contributed by atoms with Gasteiger partial charge in [-0.2, -0.15) is 5.10 Å². The number of nitrogens with zero attached hydrogens (tertiary/aromatic N) is 2. The molecule has 0 fully saturated rings. The molecule has 1 amide bonds. The zero-order valence-corrected chi connectivity index (χ0v) is 11.6. The third-order valence-electron chi connectivity index (χ3n) is 3.29. The van der Waals surface area contributed by atoms with Crippen LogP contribution < -0.4 is 5.32 Å². The van der Waals surface area contributed by atoms with Gasteiger partial charge in [-0.15, -0.1) is 0 Å². The number of amides is 1. The van der Waals surface area contributed by atoms with Crippen molar-refractivity contribution >= 4 is 5.91 Å². The van der Waals surface area contributed by atoms with Gasteiger partial charge in [-0.3, -0.25) is 9.48 Å². The van der Waals surface area contributed by atoms with Crippen LogP contribution >= 0.6 is 0 Å². The highest BCUT2D eigenvalue weighted by molar-refractivity contribution is 5.92. The van der Waals surface area contributed by atoms with Crippen molar-refractivity contribution in [2.45, 2.75) is 26.3 Å². The summed E-state index contributed by atoms with van der Waals surface area (Å²) in [7, 11) is 1.76. The minimum atomic E-state index is -0.105. The Balaban J connectivity index is 2.06. The molecule has 4 nitrogen and oxygen atoms in total. The van der Waals surface area contributed by atoms with Crippen LogP contribution in [0.25, 0.3) is 0 Å². The van der Waals surface area contributed by atoms with Crippen molar-refractivity contribution < 1.29 is 4.79 Å². The maximum Gasteiger partial charge on any atom is 0.270 e. The van der Waals surface area contributed by atoms with E-state index >= 15 is 0 Å². The lowest BCUT2D eigenvalue weighted by Gasteiger charge is -2.14. The smallest absolute Gasteiger partial charge is 0.270 e. The number of aromatic nitrogens is 2. The summed E-state index contributed by atoms with van der Waals surface area (Å²) in [4.78, 5) is 12.1. The first-order valence-electron chi connectivity index (χ1n) is 6.49. The normalized spacial score (nSPS) is 12.2. The molecule has 0 aliphatic carbocycles. The van der Waals surface area contributed by atoms with Gasteiger partial charge >= 0.3 is 0 Å². The predicted molar refractivity (Wildman–Crippen MR) is 74.9 cm³/mol. The van der Waals surface area contributed by atoms with E-state index < -0.39 is 0 Å². The number of carbonyl (C=O) groups excluding carboxylic acids is 1. The summed E-state index contributed by atoms with van der Waals surface area (Å²) in [5, 5.41) is 6.97. The summed E-state index contributed by atoms with van der Waals surface area (Å²) >= 11 is 0. The van der Waals surface area contributed by atoms with Gasteiger partial charge in [-0.25, -0.2) is 0 Å². The van der Waals surface area contributed by atoms with Gasteiger partial charge in [0, 0.05) is 13.2 Å². The van der Waals surface area contributed by atoms with Crippen LogP contribution in [0.1, 0.15) is 41.5 Å². The molecule has 1 unspecified atom stereocenters. The largest absolute Gasteiger partial charge is 0.344 e. The van der Waals surface area contributed by atoms with E-state index in [9.17, 15) is 4.79 Å². The highest BCUT2D eigenvalue weighted by Gasteiger charge is 2.13. The first-order valence-corrected chi connectivity index (χ1v) is 6.49. The molecular formula is C15H19N3O. The number of rotatable bonds is 4. The lowest BCUT2D eigenvalue weighted by atomic mass is 10.0. The Morgan fingerprint density at radius 2 is 2.00 bits per heavy atom. The molecule has 0 radical (unpaired) electrons. The van der Waals surface area contributed by atoms with E-state index in [0.29, 0.717) is 5.69 Å². The van der Waals surface area contributed by atoms with Crippen LogP contribution in [-0.4, -0.2) is 15.7 Å². The lowest BCUT2D eigenvalue weighted by molar-refractivity contribution is 0.0930. The summed E-state index contributed by atoms with van der Waals surface area (Å²) in [6.07, 6.45) is 2.64. The van der Waals surface area contributed by atoms with Crippen molar-refractivity contribution in [3.8, 4) is 0 Å². The Bertz CT molecular complexity index is 557. The number of nitrogens with one attached hydrogen (secondary N) is 1. The van der Waals surface area contributed by atoms with Crippen LogP contribution in [0.2, 0.25) is 0 Å². The average Bonchev–Trinajstić information content (AvgIpc) is 2.85. The molecule has 0 saturated heterocycles. The highest BCUT2D eigenvalue weighted by Crippen LogP contribution is 2.14. The first kappa shape index (κ1) is 13.3. The number of hydrogen-bond donors (Lipinski definition) is 1. The molecule has 0 saturated carbocycles. The monoisotopic (exact) mass is 257 g/mol. The van der Waals surface area contributed by atoms with Gasteiger partial charge in [0.25, 0.3) is 5.91 Å². The molecule has 100 valence electrons. The van der Waals surface area contributed by atoms with Crippen molar-refractivity contribution in [1.29, 1.82) is 0 Å². The quantitative estimate of drug-likeness (QED) is 0.914. The number of aryl methyl sites for hydroxylation is 2. The standard InChI is InChI=1S/C15H19N3O/c1-4-12-5-7-13(8-6-12)11(2)17-15(19)14-9-10-16-18(14)3/h5-11H,4H2,1-3H3,(H,17,19). The first-order chi connectivity index (χ1) is 9.11. The molecule has 1 aromatic heterocycles. The van der Waals surface area contributed by atoms with Crippen molar-refractivity contribution in [1.82, 2.24) is 15.1 Å². The van der Waals surface area contributed by atoms with Crippen molar-refractivity contribution in [2.75, 3.05) is 0 Å². The van der Waals surface area contributed by atoms with Gasteiger partial charge < -0.3 is 5.32 Å². The van der Waals surface area contributed by atoms with E-state index in [4.69, 9.17) is 0 Å². The van der Waals surface area contributed by atoms with Gasteiger partial charge in [0.1, 0.15) is 5.69 Å². The molecule has 1 N–H and O–H groups in total. The fraction of sp³-hybridized carbons (Fsp3) is 0.333. The number of hydrogen-bond acceptors (Lipinski definition) is 2. The lowest BCUT2D eigenvalue weighted by Crippen LogP contribution is -2.28. The molecule has 0 aliphatic heterocycles. The summed E-state index contributed by atoms with van der Waals surface area (Å²) in [5.41, 5.74) is 2.97. The van der Waals surface area contributed by atoms with Crippen LogP contribution in [0.3, 0.4) is 0 Å². The minimum Gasteiger partial charge on any atom is -0.344 e. The molecular weight excluding hydrogens is 238 g/mol. The molecule has 4 heteroatoms. The molecule has 1 heterocycles. The van der Waals surface area contributed by atoms with Crippen molar-refractivity contribution in [3.05, 3.63) is 53.3 Å². The van der Waals surface area contributed by atoms with Gasteiger partial charge in [0.05, 0.1) is 6.04 Å². The SMILES string of the molecule is CCc1ccc(C(C)NC(=O)c2ccnn2C)cc1. The molecule has 1 atom stereocenters. The third-order valence-corrected chi connectivity index (χ3v) is 3.29. The molecule has 2 aromatic rings. The van der Waals surface area contributed by atoms with Crippen LogP contribution in [-0.2, 0) is 13.5 Å². The molecule has 1 aromatic carbocycles. The Morgan fingerprint density at radius 1 is 1.32 bits per heavy atom. The second-order valence-corrected chi connectivity index (χ2v) is 4.63. The van der Waals surface area contributed by atoms with E-state index in [2.05, 4.69) is 41.6 Å². The summed E-state index contributed by atoms with van der Waals surface area (Å²) in [6, 6.07) is 10.0. The molecule has 0 spiro atoms. The van der Waals surface area contributed by atoms with Gasteiger partial charge in [-0.1, -0.05) is 31.2 Å². The maximum atomic E-state index is 12.1. The van der Waals surface area contributed by atoms with E-state index in [-0.39, 0.29) is 11.9 Å². The van der Waals surface area contributed by atoms with Crippen LogP contribution in [0.4, 0.5) is 0 Å². The second-order valence-electron chi connectivity index (χ2n) is 4.63. The van der Waals surface area contributed by atoms with E-state index in [1.54, 1.807) is 24.0 Å². The van der Waals surface area contributed by atoms with E-state index in [1.807, 2.05) is 6.92 Å². The zero-order chi connectivity index (χ0) is 13.8. The second kappa shape index (κ2) is 5.69. The van der Waals surface area contributed by atoms with Crippen LogP contribution in [0.15, 0.2) is 36.5 Å². The fourth-order valence-electron chi connectivity index (χ4n) is 1.99. The maximum absolute atomic E-state index is 12.1. The number of carbonyl (C=O) groups is 1. The van der Waals surface area contributed by atoms with Gasteiger partial charge in [0.15, 0.2) is 0 Å². The average molecular weight is 257 g/mol. The number of benzene rings is 1. The van der Waals surface area contributed by atoms with Crippen molar-refractivity contribution in [2.24, 2.45) is 7.05 Å². The highest BCUT2D eigenvalue weighted by atomic mass is 16.2. The molecule has 0 aliphatic rings. The predicted octanol–water partition coefficient (Wildman–Crippen LogP) is 2.47. The van der Waals surface area contributed by atoms with Gasteiger partial charge in [0.2, 0.25) is 0 Å². The van der Waals surface area contributed by atoms with E-state index in [1.165, 1.54) is 5.56 Å². The molecule has 0 bridgehead atoms. The molecule has 19 heavy (non-hydrogen) atoms. The van der Waals surface area contributed by atoms with Crippen LogP contribution in [0, 0.1) is 0 Å².